The Morgan fingerprint density at radius 3 is 2.48 bits per heavy atom. The lowest BCUT2D eigenvalue weighted by molar-refractivity contribution is -0.113. The Kier molecular flexibility index (Phi) is 4.96. The number of amidine groups is 1. The number of methoxy groups -OCH3 is 1. The van der Waals surface area contributed by atoms with Crippen LogP contribution in [0.2, 0.25) is 0 Å². The minimum atomic E-state index is -0.362. The number of benzene rings is 3. The van der Waals surface area contributed by atoms with Gasteiger partial charge in [0.05, 0.1) is 12.8 Å². The van der Waals surface area contributed by atoms with E-state index < -0.39 is 0 Å². The molecule has 0 fully saturated rings. The van der Waals surface area contributed by atoms with Crippen molar-refractivity contribution in [2.45, 2.75) is 6.92 Å². The average molecular weight is 386 g/mol. The number of para-hydroxylation sites is 1. The number of aryl methyl sites for hydroxylation is 1. The van der Waals surface area contributed by atoms with Gasteiger partial charge >= 0.3 is 0 Å². The van der Waals surface area contributed by atoms with E-state index in [0.29, 0.717) is 17.3 Å². The number of nitrogens with zero attached hydrogens (tertiary/aromatic N) is 2. The average Bonchev–Trinajstić information content (AvgIpc) is 3.05. The highest BCUT2D eigenvalue weighted by molar-refractivity contribution is 6.33. The Hall–Kier alpha value is -3.73. The first kappa shape index (κ1) is 18.6. The van der Waals surface area contributed by atoms with Crippen LogP contribution in [0.1, 0.15) is 16.7 Å². The molecule has 0 saturated heterocycles. The van der Waals surface area contributed by atoms with Crippen LogP contribution in [0.4, 0.5) is 10.1 Å². The molecule has 144 valence electrons. The minimum Gasteiger partial charge on any atom is -0.496 e. The zero-order chi connectivity index (χ0) is 20.4. The predicted molar refractivity (Wildman–Crippen MR) is 113 cm³/mol. The zero-order valence-electron chi connectivity index (χ0n) is 16.1. The summed E-state index contributed by atoms with van der Waals surface area (Å²) < 4.78 is 18.8. The van der Waals surface area contributed by atoms with Gasteiger partial charge in [0.15, 0.2) is 0 Å². The maximum atomic E-state index is 13.4. The molecular weight excluding hydrogens is 367 g/mol. The number of rotatable bonds is 4. The molecule has 0 atom stereocenters. The number of carbonyl (C=O) groups excluding carboxylic acids is 1. The lowest BCUT2D eigenvalue weighted by Crippen LogP contribution is -2.32. The first-order valence-electron chi connectivity index (χ1n) is 9.17. The molecule has 0 bridgehead atoms. The highest BCUT2D eigenvalue weighted by Gasteiger charge is 2.32. The van der Waals surface area contributed by atoms with E-state index in [0.717, 1.165) is 16.7 Å². The number of carbonyl (C=O) groups is 1. The fraction of sp³-hybridized carbons (Fsp3) is 0.0833. The number of hydrogen-bond donors (Lipinski definition) is 0. The molecule has 1 amide bonds. The van der Waals surface area contributed by atoms with Gasteiger partial charge in [-0.1, -0.05) is 42.0 Å². The largest absolute Gasteiger partial charge is 0.496 e. The van der Waals surface area contributed by atoms with Crippen molar-refractivity contribution in [1.82, 2.24) is 0 Å². The van der Waals surface area contributed by atoms with Crippen LogP contribution in [0.25, 0.3) is 6.08 Å². The predicted octanol–water partition coefficient (Wildman–Crippen LogP) is 4.98. The summed E-state index contributed by atoms with van der Waals surface area (Å²) in [5, 5.41) is 0. The van der Waals surface area contributed by atoms with Crippen LogP contribution >= 0.6 is 0 Å². The van der Waals surface area contributed by atoms with E-state index in [9.17, 15) is 9.18 Å². The van der Waals surface area contributed by atoms with Gasteiger partial charge < -0.3 is 4.74 Å². The van der Waals surface area contributed by atoms with Crippen LogP contribution in [0, 0.1) is 12.7 Å². The molecule has 29 heavy (non-hydrogen) atoms. The highest BCUT2D eigenvalue weighted by Crippen LogP contribution is 2.30. The molecule has 4 rings (SSSR count). The van der Waals surface area contributed by atoms with E-state index in [1.54, 1.807) is 25.3 Å². The molecule has 0 saturated carbocycles. The third-order valence-corrected chi connectivity index (χ3v) is 4.65. The summed E-state index contributed by atoms with van der Waals surface area (Å²) in [5.74, 6) is 0.519. The van der Waals surface area contributed by atoms with Crippen LogP contribution in [0.3, 0.4) is 0 Å². The van der Waals surface area contributed by atoms with Crippen molar-refractivity contribution >= 4 is 23.5 Å². The van der Waals surface area contributed by atoms with E-state index in [2.05, 4.69) is 4.99 Å². The van der Waals surface area contributed by atoms with Gasteiger partial charge in [-0.3, -0.25) is 9.69 Å². The Bertz CT molecular complexity index is 1130. The topological polar surface area (TPSA) is 41.9 Å². The first-order valence-corrected chi connectivity index (χ1v) is 9.17. The fourth-order valence-corrected chi connectivity index (χ4v) is 3.26. The van der Waals surface area contributed by atoms with E-state index in [-0.39, 0.29) is 17.4 Å². The number of hydrogen-bond acceptors (Lipinski definition) is 3. The minimum absolute atomic E-state index is 0.279. The number of aliphatic imine (C=N–C) groups is 1. The lowest BCUT2D eigenvalue weighted by Gasteiger charge is -2.18. The van der Waals surface area contributed by atoms with Crippen LogP contribution in [-0.2, 0) is 4.79 Å². The Morgan fingerprint density at radius 2 is 1.76 bits per heavy atom. The monoisotopic (exact) mass is 386 g/mol. The summed E-state index contributed by atoms with van der Waals surface area (Å²) in [4.78, 5) is 19.4. The third-order valence-electron chi connectivity index (χ3n) is 4.65. The molecule has 0 N–H and O–H groups in total. The van der Waals surface area contributed by atoms with E-state index in [1.165, 1.54) is 17.0 Å². The Labute approximate surface area is 168 Å². The summed E-state index contributed by atoms with van der Waals surface area (Å²) in [7, 11) is 1.58. The number of ether oxygens (including phenoxy) is 1. The van der Waals surface area contributed by atoms with E-state index in [4.69, 9.17) is 4.74 Å². The van der Waals surface area contributed by atoms with Crippen molar-refractivity contribution in [3.8, 4) is 5.75 Å². The molecule has 0 aliphatic carbocycles. The fourth-order valence-electron chi connectivity index (χ4n) is 3.26. The summed E-state index contributed by atoms with van der Waals surface area (Å²) in [6, 6.07) is 21.0. The molecule has 0 spiro atoms. The highest BCUT2D eigenvalue weighted by atomic mass is 19.1. The quantitative estimate of drug-likeness (QED) is 0.594. The molecule has 1 heterocycles. The van der Waals surface area contributed by atoms with Crippen LogP contribution in [0.15, 0.2) is 83.5 Å². The summed E-state index contributed by atoms with van der Waals surface area (Å²) in [6.07, 6.45) is 1.71. The van der Waals surface area contributed by atoms with Crippen molar-refractivity contribution in [2.75, 3.05) is 12.0 Å². The lowest BCUT2D eigenvalue weighted by atomic mass is 10.1. The van der Waals surface area contributed by atoms with Gasteiger partial charge in [0.25, 0.3) is 5.91 Å². The summed E-state index contributed by atoms with van der Waals surface area (Å²) >= 11 is 0. The van der Waals surface area contributed by atoms with Crippen molar-refractivity contribution in [3.63, 3.8) is 0 Å². The molecule has 0 radical (unpaired) electrons. The number of anilines is 1. The third kappa shape index (κ3) is 3.67. The smallest absolute Gasteiger partial charge is 0.282 e. The summed E-state index contributed by atoms with van der Waals surface area (Å²) in [6.45, 7) is 1.98. The van der Waals surface area contributed by atoms with Crippen molar-refractivity contribution in [1.29, 1.82) is 0 Å². The van der Waals surface area contributed by atoms with Gasteiger partial charge in [-0.05, 0) is 49.4 Å². The SMILES string of the molecule is COc1ccccc1/C=C1\N=C(c2cccc(C)c2)N(c2ccc(F)cc2)C1=O. The summed E-state index contributed by atoms with van der Waals surface area (Å²) in [5.41, 5.74) is 3.46. The van der Waals surface area contributed by atoms with Gasteiger partial charge in [-0.2, -0.15) is 0 Å². The molecule has 5 heteroatoms. The second kappa shape index (κ2) is 7.72. The van der Waals surface area contributed by atoms with Crippen molar-refractivity contribution in [3.05, 3.63) is 101 Å². The molecule has 0 unspecified atom stereocenters. The molecular formula is C24H19FN2O2. The second-order valence-electron chi connectivity index (χ2n) is 6.69. The number of amides is 1. The van der Waals surface area contributed by atoms with Gasteiger partial charge in [-0.15, -0.1) is 0 Å². The van der Waals surface area contributed by atoms with Crippen LogP contribution < -0.4 is 9.64 Å². The Balaban J connectivity index is 1.85. The van der Waals surface area contributed by atoms with Gasteiger partial charge in [0.2, 0.25) is 0 Å². The Morgan fingerprint density at radius 1 is 1.00 bits per heavy atom. The van der Waals surface area contributed by atoms with Gasteiger partial charge in [0, 0.05) is 11.1 Å². The van der Waals surface area contributed by atoms with Gasteiger partial charge in [0.1, 0.15) is 23.1 Å². The second-order valence-corrected chi connectivity index (χ2v) is 6.69. The molecule has 4 nitrogen and oxygen atoms in total. The molecule has 0 aromatic heterocycles. The van der Waals surface area contributed by atoms with Crippen LogP contribution in [0.5, 0.6) is 5.75 Å². The van der Waals surface area contributed by atoms with E-state index >= 15 is 0 Å². The first-order chi connectivity index (χ1) is 14.1. The zero-order valence-corrected chi connectivity index (χ0v) is 16.1. The van der Waals surface area contributed by atoms with Gasteiger partial charge in [-0.25, -0.2) is 9.38 Å². The molecule has 1 aliphatic heterocycles. The van der Waals surface area contributed by atoms with E-state index in [1.807, 2.05) is 55.5 Å². The van der Waals surface area contributed by atoms with Crippen molar-refractivity contribution in [2.24, 2.45) is 4.99 Å². The molecule has 1 aliphatic rings. The standard InChI is InChI=1S/C24H19FN2O2/c1-16-6-5-8-18(14-16)23-26-21(15-17-7-3-4-9-22(17)29-2)24(28)27(23)20-12-10-19(25)11-13-20/h3-15H,1-2H3/b21-15-. The normalized spacial score (nSPS) is 15.0. The maximum absolute atomic E-state index is 13.4. The maximum Gasteiger partial charge on any atom is 0.282 e. The molecule has 3 aromatic carbocycles. The van der Waals surface area contributed by atoms with Crippen LogP contribution in [-0.4, -0.2) is 18.9 Å². The van der Waals surface area contributed by atoms with Crippen molar-refractivity contribution < 1.29 is 13.9 Å². The number of halogens is 1. The molecule has 3 aromatic rings.